The number of nitrogens with one attached hydrogen (secondary N) is 2. The minimum atomic E-state index is 0.00136. The molecule has 2 aromatic rings. The van der Waals surface area contributed by atoms with Crippen LogP contribution in [0.2, 0.25) is 0 Å². The van der Waals surface area contributed by atoms with Crippen molar-refractivity contribution in [2.75, 3.05) is 41.9 Å². The zero-order valence-corrected chi connectivity index (χ0v) is 18.5. The lowest BCUT2D eigenvalue weighted by atomic mass is 10.1. The minimum absolute atomic E-state index is 0.00136. The fourth-order valence-electron chi connectivity index (χ4n) is 2.97. The van der Waals surface area contributed by atoms with Gasteiger partial charge in [0.05, 0.1) is 14.2 Å². The van der Waals surface area contributed by atoms with E-state index in [9.17, 15) is 4.79 Å². The van der Waals surface area contributed by atoms with E-state index in [1.807, 2.05) is 36.4 Å². The lowest BCUT2D eigenvalue weighted by Gasteiger charge is -2.13. The van der Waals surface area contributed by atoms with Gasteiger partial charge in [-0.3, -0.25) is 9.79 Å². The molecule has 0 saturated carbocycles. The van der Waals surface area contributed by atoms with Gasteiger partial charge in [0, 0.05) is 39.8 Å². The molecule has 0 spiro atoms. The number of amides is 1. The van der Waals surface area contributed by atoms with Crippen LogP contribution in [0.3, 0.4) is 0 Å². The summed E-state index contributed by atoms with van der Waals surface area (Å²) in [6.07, 6.45) is 1.88. The molecule has 2 rings (SSSR count). The molecule has 30 heavy (non-hydrogen) atoms. The van der Waals surface area contributed by atoms with Crippen molar-refractivity contribution >= 4 is 11.9 Å². The molecule has 0 saturated heterocycles. The monoisotopic (exact) mass is 412 g/mol. The van der Waals surface area contributed by atoms with Crippen LogP contribution in [0.25, 0.3) is 0 Å². The Kier molecular flexibility index (Phi) is 9.00. The Hall–Kier alpha value is -3.22. The quantitative estimate of drug-likeness (QED) is 0.376. The van der Waals surface area contributed by atoms with Crippen LogP contribution in [-0.2, 0) is 13.0 Å². The van der Waals surface area contributed by atoms with Crippen LogP contribution in [0.1, 0.15) is 27.9 Å². The van der Waals surface area contributed by atoms with Gasteiger partial charge in [0.1, 0.15) is 0 Å². The van der Waals surface area contributed by atoms with Crippen LogP contribution in [-0.4, -0.2) is 58.7 Å². The van der Waals surface area contributed by atoms with E-state index in [-0.39, 0.29) is 5.91 Å². The summed E-state index contributed by atoms with van der Waals surface area (Å²) in [7, 11) is 8.53. The van der Waals surface area contributed by atoms with Crippen LogP contribution in [0.15, 0.2) is 47.5 Å². The summed E-state index contributed by atoms with van der Waals surface area (Å²) in [6, 6.07) is 13.6. The summed E-state index contributed by atoms with van der Waals surface area (Å²) in [5, 5.41) is 6.62. The van der Waals surface area contributed by atoms with Gasteiger partial charge in [-0.25, -0.2) is 0 Å². The number of hydrogen-bond acceptors (Lipinski definition) is 4. The third kappa shape index (κ3) is 6.69. The summed E-state index contributed by atoms with van der Waals surface area (Å²) in [6.45, 7) is 1.43. The Morgan fingerprint density at radius 3 is 2.23 bits per heavy atom. The number of ether oxygens (including phenoxy) is 2. The van der Waals surface area contributed by atoms with E-state index >= 15 is 0 Å². The Balaban J connectivity index is 1.77. The van der Waals surface area contributed by atoms with Crippen LogP contribution in [0.5, 0.6) is 11.5 Å². The first-order chi connectivity index (χ1) is 14.5. The van der Waals surface area contributed by atoms with Crippen molar-refractivity contribution in [2.24, 2.45) is 4.99 Å². The highest BCUT2D eigenvalue weighted by Gasteiger charge is 2.08. The molecule has 1 amide bonds. The number of benzene rings is 2. The van der Waals surface area contributed by atoms with E-state index in [0.717, 1.165) is 42.4 Å². The number of nitrogens with zero attached hydrogens (tertiary/aromatic N) is 2. The Morgan fingerprint density at radius 1 is 0.967 bits per heavy atom. The molecule has 0 aliphatic carbocycles. The number of aryl methyl sites for hydroxylation is 1. The van der Waals surface area contributed by atoms with Crippen molar-refractivity contribution in [3.8, 4) is 11.5 Å². The summed E-state index contributed by atoms with van der Waals surface area (Å²) >= 11 is 0. The van der Waals surface area contributed by atoms with E-state index in [4.69, 9.17) is 9.47 Å². The number of carbonyl (C=O) groups excluding carboxylic acids is 1. The van der Waals surface area contributed by atoms with E-state index in [1.165, 1.54) is 5.56 Å². The lowest BCUT2D eigenvalue weighted by Crippen LogP contribution is -2.37. The zero-order valence-electron chi connectivity index (χ0n) is 18.5. The van der Waals surface area contributed by atoms with Crippen LogP contribution < -0.4 is 20.1 Å². The molecule has 0 heterocycles. The number of aliphatic imine (C=N–C) groups is 1. The maximum absolute atomic E-state index is 12.0. The van der Waals surface area contributed by atoms with Gasteiger partial charge in [-0.2, -0.15) is 0 Å². The SMILES string of the molecule is CN=C(NCCCc1ccc(OC)c(OC)c1)NCc1ccc(C(=O)N(C)C)cc1. The Labute approximate surface area is 179 Å². The van der Waals surface area contributed by atoms with Gasteiger partial charge in [-0.05, 0) is 48.2 Å². The van der Waals surface area contributed by atoms with E-state index in [1.54, 1.807) is 40.3 Å². The number of hydrogen-bond donors (Lipinski definition) is 2. The maximum atomic E-state index is 12.0. The Morgan fingerprint density at radius 2 is 1.63 bits per heavy atom. The van der Waals surface area contributed by atoms with Crippen molar-refractivity contribution < 1.29 is 14.3 Å². The number of guanidine groups is 1. The fourth-order valence-corrected chi connectivity index (χ4v) is 2.97. The van der Waals surface area contributed by atoms with E-state index in [2.05, 4.69) is 21.7 Å². The molecule has 7 heteroatoms. The molecule has 2 N–H and O–H groups in total. The highest BCUT2D eigenvalue weighted by Crippen LogP contribution is 2.27. The van der Waals surface area contributed by atoms with Crippen LogP contribution in [0.4, 0.5) is 0 Å². The largest absolute Gasteiger partial charge is 0.493 e. The van der Waals surface area contributed by atoms with Gasteiger partial charge in [-0.15, -0.1) is 0 Å². The molecule has 0 radical (unpaired) electrons. The minimum Gasteiger partial charge on any atom is -0.493 e. The van der Waals surface area contributed by atoms with Crippen LogP contribution >= 0.6 is 0 Å². The highest BCUT2D eigenvalue weighted by atomic mass is 16.5. The van der Waals surface area contributed by atoms with Gasteiger partial charge >= 0.3 is 0 Å². The normalized spacial score (nSPS) is 11.0. The number of methoxy groups -OCH3 is 2. The van der Waals surface area contributed by atoms with Crippen LogP contribution in [0, 0.1) is 0 Å². The van der Waals surface area contributed by atoms with Crippen molar-refractivity contribution in [3.05, 3.63) is 59.2 Å². The number of rotatable bonds is 9. The molecule has 7 nitrogen and oxygen atoms in total. The van der Waals surface area contributed by atoms with E-state index in [0.29, 0.717) is 12.1 Å². The molecular weight excluding hydrogens is 380 g/mol. The molecule has 0 aliphatic rings. The van der Waals surface area contributed by atoms with Crippen molar-refractivity contribution in [2.45, 2.75) is 19.4 Å². The third-order valence-electron chi connectivity index (χ3n) is 4.67. The van der Waals surface area contributed by atoms with Gasteiger partial charge in [0.15, 0.2) is 17.5 Å². The smallest absolute Gasteiger partial charge is 0.253 e. The van der Waals surface area contributed by atoms with E-state index < -0.39 is 0 Å². The lowest BCUT2D eigenvalue weighted by molar-refractivity contribution is 0.0827. The molecule has 2 aromatic carbocycles. The summed E-state index contributed by atoms with van der Waals surface area (Å²) in [5.41, 5.74) is 2.96. The second-order valence-electron chi connectivity index (χ2n) is 7.04. The third-order valence-corrected chi connectivity index (χ3v) is 4.67. The molecule has 0 atom stereocenters. The second kappa shape index (κ2) is 11.7. The van der Waals surface area contributed by atoms with Gasteiger partial charge < -0.3 is 25.0 Å². The number of carbonyl (C=O) groups is 1. The molecule has 0 bridgehead atoms. The van der Waals surface area contributed by atoms with Crippen molar-refractivity contribution in [3.63, 3.8) is 0 Å². The Bertz CT molecular complexity index is 848. The first-order valence-corrected chi connectivity index (χ1v) is 9.94. The fraction of sp³-hybridized carbons (Fsp3) is 0.391. The maximum Gasteiger partial charge on any atom is 0.253 e. The van der Waals surface area contributed by atoms with Gasteiger partial charge in [0.2, 0.25) is 0 Å². The second-order valence-corrected chi connectivity index (χ2v) is 7.04. The molecule has 0 aliphatic heterocycles. The predicted octanol–water partition coefficient (Wildman–Crippen LogP) is 2.70. The van der Waals surface area contributed by atoms with Crippen molar-refractivity contribution in [1.29, 1.82) is 0 Å². The molecular formula is C23H32N4O3. The van der Waals surface area contributed by atoms with Crippen molar-refractivity contribution in [1.82, 2.24) is 15.5 Å². The molecule has 0 unspecified atom stereocenters. The first kappa shape index (κ1) is 23.1. The van der Waals surface area contributed by atoms with Gasteiger partial charge in [-0.1, -0.05) is 18.2 Å². The standard InChI is InChI=1S/C23H32N4O3/c1-24-23(26-16-18-8-11-19(12-9-18)22(28)27(2)3)25-14-6-7-17-10-13-20(29-4)21(15-17)30-5/h8-13,15H,6-7,14,16H2,1-5H3,(H2,24,25,26). The summed E-state index contributed by atoms with van der Waals surface area (Å²) < 4.78 is 10.6. The zero-order chi connectivity index (χ0) is 21.9. The summed E-state index contributed by atoms with van der Waals surface area (Å²) in [4.78, 5) is 17.8. The molecule has 0 aromatic heterocycles. The average Bonchev–Trinajstić information content (AvgIpc) is 2.78. The first-order valence-electron chi connectivity index (χ1n) is 9.94. The molecule has 162 valence electrons. The highest BCUT2D eigenvalue weighted by molar-refractivity contribution is 5.93. The predicted molar refractivity (Wildman–Crippen MR) is 121 cm³/mol. The average molecular weight is 413 g/mol. The molecule has 0 fully saturated rings. The van der Waals surface area contributed by atoms with Gasteiger partial charge in [0.25, 0.3) is 5.91 Å². The summed E-state index contributed by atoms with van der Waals surface area (Å²) in [5.74, 6) is 2.24. The topological polar surface area (TPSA) is 75.2 Å².